The van der Waals surface area contributed by atoms with E-state index in [1.54, 1.807) is 0 Å². The van der Waals surface area contributed by atoms with Crippen LogP contribution in [-0.2, 0) is 0 Å². The average Bonchev–Trinajstić information content (AvgIpc) is 2.19. The van der Waals surface area contributed by atoms with Crippen molar-refractivity contribution in [2.24, 2.45) is 5.92 Å². The predicted octanol–water partition coefficient (Wildman–Crippen LogP) is 4.86. The number of hydrogen-bond acceptors (Lipinski definition) is 0. The molecule has 0 aromatic carbocycles. The van der Waals surface area contributed by atoms with Gasteiger partial charge in [0.15, 0.2) is 0 Å². The van der Waals surface area contributed by atoms with E-state index in [9.17, 15) is 0 Å². The molecule has 17 heavy (non-hydrogen) atoms. The van der Waals surface area contributed by atoms with E-state index in [4.69, 9.17) is 0 Å². The third kappa shape index (κ3) is 13.9. The van der Waals surface area contributed by atoms with Gasteiger partial charge in [0.25, 0.3) is 0 Å². The molecule has 0 heterocycles. The quantitative estimate of drug-likeness (QED) is 0.358. The molecule has 0 rings (SSSR count). The van der Waals surface area contributed by atoms with Crippen LogP contribution in [0.3, 0.4) is 0 Å². The van der Waals surface area contributed by atoms with E-state index in [0.717, 1.165) is 10.4 Å². The van der Waals surface area contributed by atoms with Crippen LogP contribution in [0.2, 0.25) is 0 Å². The van der Waals surface area contributed by atoms with Crippen molar-refractivity contribution in [2.75, 3.05) is 27.7 Å². The Labute approximate surface area is 110 Å². The Bertz CT molecular complexity index is 157. The smallest absolute Gasteiger partial charge is 0.0806 e. The molecule has 0 aliphatic carbocycles. The number of hydrogen-bond donors (Lipinski definition) is 0. The fourth-order valence-electron chi connectivity index (χ4n) is 2.65. The molecule has 0 bridgehead atoms. The zero-order valence-corrected chi connectivity index (χ0v) is 13.1. The minimum atomic E-state index is 0.884. The molecule has 1 unspecified atom stereocenters. The first-order valence-electron chi connectivity index (χ1n) is 7.76. The summed E-state index contributed by atoms with van der Waals surface area (Å²) in [5, 5.41) is 0. The standard InChI is InChI=1S/C16H36N/c1-6-7-8-9-10-11-12-13-14-16(2)15-17(3,4)5/h16H,6-15H2,1-5H3/q+1. The molecule has 0 aliphatic rings. The second-order valence-corrected chi connectivity index (χ2v) is 6.84. The molecular formula is C16H36N+. The van der Waals surface area contributed by atoms with Crippen molar-refractivity contribution >= 4 is 0 Å². The maximum absolute atomic E-state index is 2.41. The maximum Gasteiger partial charge on any atom is 0.0806 e. The highest BCUT2D eigenvalue weighted by molar-refractivity contribution is 4.53. The normalized spacial score (nSPS) is 13.9. The van der Waals surface area contributed by atoms with Gasteiger partial charge in [-0.25, -0.2) is 0 Å². The first kappa shape index (κ1) is 17.0. The summed E-state index contributed by atoms with van der Waals surface area (Å²) < 4.78 is 1.11. The first-order chi connectivity index (χ1) is 7.95. The molecule has 0 N–H and O–H groups in total. The van der Waals surface area contributed by atoms with Crippen LogP contribution in [-0.4, -0.2) is 32.2 Å². The monoisotopic (exact) mass is 242 g/mol. The average molecular weight is 242 g/mol. The Balaban J connectivity index is 3.22. The summed E-state index contributed by atoms with van der Waals surface area (Å²) in [5.74, 6) is 0.884. The van der Waals surface area contributed by atoms with Crippen molar-refractivity contribution in [3.63, 3.8) is 0 Å². The summed E-state index contributed by atoms with van der Waals surface area (Å²) in [6.07, 6.45) is 12.9. The number of quaternary nitrogens is 1. The minimum Gasteiger partial charge on any atom is -0.331 e. The highest BCUT2D eigenvalue weighted by atomic mass is 15.3. The molecule has 1 atom stereocenters. The first-order valence-corrected chi connectivity index (χ1v) is 7.76. The summed E-state index contributed by atoms with van der Waals surface area (Å²) in [6.45, 7) is 6.01. The van der Waals surface area contributed by atoms with E-state index in [2.05, 4.69) is 35.0 Å². The Kier molecular flexibility index (Phi) is 9.91. The van der Waals surface area contributed by atoms with E-state index in [0.29, 0.717) is 0 Å². The van der Waals surface area contributed by atoms with E-state index in [1.165, 1.54) is 64.3 Å². The van der Waals surface area contributed by atoms with Gasteiger partial charge in [0.2, 0.25) is 0 Å². The summed E-state index contributed by atoms with van der Waals surface area (Å²) in [4.78, 5) is 0. The Hall–Kier alpha value is -0.0400. The predicted molar refractivity (Wildman–Crippen MR) is 79.3 cm³/mol. The molecule has 0 amide bonds. The molecule has 0 saturated heterocycles. The summed E-state index contributed by atoms with van der Waals surface area (Å²) in [7, 11) is 6.89. The third-order valence-corrected chi connectivity index (χ3v) is 3.41. The van der Waals surface area contributed by atoms with Crippen molar-refractivity contribution in [3.05, 3.63) is 0 Å². The Morgan fingerprint density at radius 1 is 0.765 bits per heavy atom. The third-order valence-electron chi connectivity index (χ3n) is 3.41. The van der Waals surface area contributed by atoms with Gasteiger partial charge in [0.05, 0.1) is 27.7 Å². The van der Waals surface area contributed by atoms with Crippen LogP contribution >= 0.6 is 0 Å². The van der Waals surface area contributed by atoms with Gasteiger partial charge in [-0.15, -0.1) is 0 Å². The Morgan fingerprint density at radius 3 is 1.71 bits per heavy atom. The molecule has 0 saturated carbocycles. The summed E-state index contributed by atoms with van der Waals surface area (Å²) >= 11 is 0. The molecular weight excluding hydrogens is 206 g/mol. The summed E-state index contributed by atoms with van der Waals surface area (Å²) in [6, 6.07) is 0. The maximum atomic E-state index is 2.41. The van der Waals surface area contributed by atoms with E-state index < -0.39 is 0 Å². The van der Waals surface area contributed by atoms with Gasteiger partial charge in [0, 0.05) is 5.92 Å². The fourth-order valence-corrected chi connectivity index (χ4v) is 2.65. The van der Waals surface area contributed by atoms with Crippen LogP contribution in [0.15, 0.2) is 0 Å². The molecule has 0 aromatic heterocycles. The number of unbranched alkanes of at least 4 members (excludes halogenated alkanes) is 7. The van der Waals surface area contributed by atoms with Crippen molar-refractivity contribution in [1.29, 1.82) is 0 Å². The van der Waals surface area contributed by atoms with Gasteiger partial charge in [-0.05, 0) is 6.42 Å². The van der Waals surface area contributed by atoms with Gasteiger partial charge < -0.3 is 4.48 Å². The lowest BCUT2D eigenvalue weighted by molar-refractivity contribution is -0.873. The highest BCUT2D eigenvalue weighted by Gasteiger charge is 2.12. The molecule has 0 aliphatic heterocycles. The highest BCUT2D eigenvalue weighted by Crippen LogP contribution is 2.14. The van der Waals surface area contributed by atoms with Gasteiger partial charge in [-0.1, -0.05) is 65.2 Å². The van der Waals surface area contributed by atoms with Crippen molar-refractivity contribution in [3.8, 4) is 0 Å². The van der Waals surface area contributed by atoms with E-state index in [-0.39, 0.29) is 0 Å². The van der Waals surface area contributed by atoms with Crippen molar-refractivity contribution in [1.82, 2.24) is 0 Å². The molecule has 0 radical (unpaired) electrons. The molecule has 0 spiro atoms. The molecule has 0 fully saturated rings. The van der Waals surface area contributed by atoms with Gasteiger partial charge in [-0.3, -0.25) is 0 Å². The SMILES string of the molecule is CCCCCCCCCCC(C)C[N+](C)(C)C. The van der Waals surface area contributed by atoms with Crippen LogP contribution in [0.25, 0.3) is 0 Å². The van der Waals surface area contributed by atoms with Gasteiger partial charge in [-0.2, -0.15) is 0 Å². The lowest BCUT2D eigenvalue weighted by atomic mass is 10.0. The van der Waals surface area contributed by atoms with Crippen molar-refractivity contribution < 1.29 is 4.48 Å². The molecule has 1 nitrogen and oxygen atoms in total. The Morgan fingerprint density at radius 2 is 1.24 bits per heavy atom. The molecule has 1 heteroatoms. The van der Waals surface area contributed by atoms with Gasteiger partial charge >= 0.3 is 0 Å². The van der Waals surface area contributed by atoms with Crippen molar-refractivity contribution in [2.45, 2.75) is 71.6 Å². The van der Waals surface area contributed by atoms with Crippen LogP contribution in [0, 0.1) is 5.92 Å². The molecule has 0 aromatic rings. The second-order valence-electron chi connectivity index (χ2n) is 6.84. The van der Waals surface area contributed by atoms with Crippen LogP contribution in [0.1, 0.15) is 71.6 Å². The van der Waals surface area contributed by atoms with Crippen LogP contribution in [0.4, 0.5) is 0 Å². The second kappa shape index (κ2) is 9.94. The summed E-state index contributed by atoms with van der Waals surface area (Å²) in [5.41, 5.74) is 0. The van der Waals surface area contributed by atoms with E-state index in [1.807, 2.05) is 0 Å². The van der Waals surface area contributed by atoms with E-state index >= 15 is 0 Å². The molecule has 104 valence electrons. The largest absolute Gasteiger partial charge is 0.331 e. The zero-order chi connectivity index (χ0) is 13.1. The van der Waals surface area contributed by atoms with Gasteiger partial charge in [0.1, 0.15) is 0 Å². The zero-order valence-electron chi connectivity index (χ0n) is 13.1. The topological polar surface area (TPSA) is 0 Å². The number of rotatable bonds is 11. The minimum absolute atomic E-state index is 0.884. The van der Waals surface area contributed by atoms with Crippen LogP contribution in [0.5, 0.6) is 0 Å². The fraction of sp³-hybridized carbons (Fsp3) is 1.00. The van der Waals surface area contributed by atoms with Crippen LogP contribution < -0.4 is 0 Å². The lowest BCUT2D eigenvalue weighted by Crippen LogP contribution is -2.38. The lowest BCUT2D eigenvalue weighted by Gasteiger charge is -2.27. The number of nitrogens with zero attached hydrogens (tertiary/aromatic N) is 1.